The molecule has 2 fully saturated rings. The summed E-state index contributed by atoms with van der Waals surface area (Å²) in [5, 5.41) is 9.67. The van der Waals surface area contributed by atoms with Gasteiger partial charge in [0.05, 0.1) is 6.10 Å². The second kappa shape index (κ2) is 7.43. The number of rotatable bonds is 5. The highest BCUT2D eigenvalue weighted by Crippen LogP contribution is 2.17. The fourth-order valence-electron chi connectivity index (χ4n) is 2.88. The molecule has 2 heterocycles. The first-order valence-electron chi connectivity index (χ1n) is 7.48. The van der Waals surface area contributed by atoms with Crippen molar-refractivity contribution in [2.75, 3.05) is 52.5 Å². The van der Waals surface area contributed by atoms with Gasteiger partial charge in [-0.05, 0) is 25.2 Å². The number of piperazine rings is 1. The molecular formula is C14H28N2O2. The normalized spacial score (nSPS) is 26.3. The van der Waals surface area contributed by atoms with Gasteiger partial charge in [0, 0.05) is 52.5 Å². The van der Waals surface area contributed by atoms with E-state index in [4.69, 9.17) is 4.74 Å². The predicted molar refractivity (Wildman–Crippen MR) is 72.7 cm³/mol. The zero-order chi connectivity index (χ0) is 12.8. The summed E-state index contributed by atoms with van der Waals surface area (Å²) in [7, 11) is 0. The Labute approximate surface area is 111 Å². The van der Waals surface area contributed by atoms with Crippen molar-refractivity contribution in [1.82, 2.24) is 9.80 Å². The summed E-state index contributed by atoms with van der Waals surface area (Å²) in [6.45, 7) is 10.6. The van der Waals surface area contributed by atoms with E-state index in [1.807, 2.05) is 6.92 Å². The number of hydrogen-bond acceptors (Lipinski definition) is 4. The number of hydrogen-bond donors (Lipinski definition) is 1. The summed E-state index contributed by atoms with van der Waals surface area (Å²) < 4.78 is 5.41. The van der Waals surface area contributed by atoms with Crippen molar-refractivity contribution >= 4 is 0 Å². The second-order valence-electron chi connectivity index (χ2n) is 5.72. The molecule has 0 amide bonds. The van der Waals surface area contributed by atoms with E-state index in [-0.39, 0.29) is 6.10 Å². The van der Waals surface area contributed by atoms with Crippen molar-refractivity contribution in [3.05, 3.63) is 0 Å². The lowest BCUT2D eigenvalue weighted by Gasteiger charge is -2.37. The molecule has 0 spiro atoms. The van der Waals surface area contributed by atoms with E-state index in [0.29, 0.717) is 0 Å². The predicted octanol–water partition coefficient (Wildman–Crippen LogP) is 0.802. The molecule has 2 saturated heterocycles. The van der Waals surface area contributed by atoms with Crippen molar-refractivity contribution in [1.29, 1.82) is 0 Å². The molecule has 106 valence electrons. The number of nitrogens with zero attached hydrogens (tertiary/aromatic N) is 2. The van der Waals surface area contributed by atoms with Crippen LogP contribution in [0.15, 0.2) is 0 Å². The van der Waals surface area contributed by atoms with Crippen LogP contribution < -0.4 is 0 Å². The van der Waals surface area contributed by atoms with E-state index in [1.54, 1.807) is 0 Å². The van der Waals surface area contributed by atoms with E-state index in [2.05, 4.69) is 9.80 Å². The van der Waals surface area contributed by atoms with Crippen molar-refractivity contribution in [2.45, 2.75) is 32.3 Å². The molecule has 2 aliphatic rings. The smallest absolute Gasteiger partial charge is 0.0664 e. The topological polar surface area (TPSA) is 35.9 Å². The number of aliphatic hydroxyl groups is 1. The Hall–Kier alpha value is -0.160. The minimum Gasteiger partial charge on any atom is -0.392 e. The molecule has 0 unspecified atom stereocenters. The van der Waals surface area contributed by atoms with Gasteiger partial charge in [-0.3, -0.25) is 4.90 Å². The largest absolute Gasteiger partial charge is 0.392 e. The molecule has 4 nitrogen and oxygen atoms in total. The van der Waals surface area contributed by atoms with Crippen LogP contribution in [-0.2, 0) is 4.74 Å². The monoisotopic (exact) mass is 256 g/mol. The van der Waals surface area contributed by atoms with Crippen LogP contribution in [0.25, 0.3) is 0 Å². The maximum Gasteiger partial charge on any atom is 0.0664 e. The molecule has 4 heteroatoms. The van der Waals surface area contributed by atoms with Gasteiger partial charge in [-0.2, -0.15) is 0 Å². The van der Waals surface area contributed by atoms with Crippen LogP contribution in [-0.4, -0.2) is 73.5 Å². The first kappa shape index (κ1) is 14.3. The van der Waals surface area contributed by atoms with Gasteiger partial charge in [-0.1, -0.05) is 6.92 Å². The van der Waals surface area contributed by atoms with Crippen LogP contribution in [0.1, 0.15) is 26.2 Å². The minimum atomic E-state index is -0.146. The van der Waals surface area contributed by atoms with Crippen LogP contribution >= 0.6 is 0 Å². The SMILES string of the molecule is CC[C@H](O)CN1CCN(CC2CCOCC2)CC1. The van der Waals surface area contributed by atoms with Gasteiger partial charge in [-0.15, -0.1) is 0 Å². The quantitative estimate of drug-likeness (QED) is 0.789. The molecule has 18 heavy (non-hydrogen) atoms. The lowest BCUT2D eigenvalue weighted by molar-refractivity contribution is 0.0340. The van der Waals surface area contributed by atoms with Gasteiger partial charge in [-0.25, -0.2) is 0 Å². The Kier molecular flexibility index (Phi) is 5.89. The summed E-state index contributed by atoms with van der Waals surface area (Å²) in [5.74, 6) is 0.839. The third-order valence-corrected chi connectivity index (χ3v) is 4.26. The highest BCUT2D eigenvalue weighted by Gasteiger charge is 2.22. The lowest BCUT2D eigenvalue weighted by atomic mass is 9.99. The van der Waals surface area contributed by atoms with Gasteiger partial charge < -0.3 is 14.7 Å². The van der Waals surface area contributed by atoms with Gasteiger partial charge in [0.2, 0.25) is 0 Å². The molecular weight excluding hydrogens is 228 g/mol. The van der Waals surface area contributed by atoms with Crippen LogP contribution in [0.3, 0.4) is 0 Å². The molecule has 2 rings (SSSR count). The third-order valence-electron chi connectivity index (χ3n) is 4.26. The molecule has 0 aliphatic carbocycles. The standard InChI is InChI=1S/C14H28N2O2/c1-2-14(17)12-16-7-5-15(6-8-16)11-13-3-9-18-10-4-13/h13-14,17H,2-12H2,1H3/t14-/m0/s1. The zero-order valence-electron chi connectivity index (χ0n) is 11.7. The van der Waals surface area contributed by atoms with Crippen LogP contribution in [0.5, 0.6) is 0 Å². The Morgan fingerprint density at radius 1 is 1.11 bits per heavy atom. The lowest BCUT2D eigenvalue weighted by Crippen LogP contribution is -2.49. The Morgan fingerprint density at radius 3 is 2.33 bits per heavy atom. The summed E-state index contributed by atoms with van der Waals surface area (Å²) in [6, 6.07) is 0. The first-order valence-corrected chi connectivity index (χ1v) is 7.48. The fraction of sp³-hybridized carbons (Fsp3) is 1.00. The zero-order valence-corrected chi connectivity index (χ0v) is 11.7. The average Bonchev–Trinajstić information content (AvgIpc) is 2.42. The molecule has 0 radical (unpaired) electrons. The minimum absolute atomic E-state index is 0.146. The Morgan fingerprint density at radius 2 is 1.72 bits per heavy atom. The molecule has 2 aliphatic heterocycles. The maximum atomic E-state index is 9.67. The number of ether oxygens (including phenoxy) is 1. The molecule has 0 aromatic carbocycles. The molecule has 0 aromatic heterocycles. The van der Waals surface area contributed by atoms with Gasteiger partial charge in [0.1, 0.15) is 0 Å². The Bertz CT molecular complexity index is 224. The summed E-state index contributed by atoms with van der Waals surface area (Å²) in [5.41, 5.74) is 0. The van der Waals surface area contributed by atoms with E-state index >= 15 is 0 Å². The van der Waals surface area contributed by atoms with Crippen molar-refractivity contribution in [2.24, 2.45) is 5.92 Å². The van der Waals surface area contributed by atoms with Gasteiger partial charge >= 0.3 is 0 Å². The van der Waals surface area contributed by atoms with E-state index in [9.17, 15) is 5.11 Å². The Balaban J connectivity index is 1.63. The number of β-amino-alcohol motifs (C(OH)–C–C–N with tert-alkyl or cyclic N) is 1. The molecule has 0 aromatic rings. The van der Waals surface area contributed by atoms with Crippen LogP contribution in [0.2, 0.25) is 0 Å². The number of aliphatic hydroxyl groups excluding tert-OH is 1. The van der Waals surface area contributed by atoms with Crippen LogP contribution in [0, 0.1) is 5.92 Å². The van der Waals surface area contributed by atoms with Gasteiger partial charge in [0.25, 0.3) is 0 Å². The summed E-state index contributed by atoms with van der Waals surface area (Å²) >= 11 is 0. The highest BCUT2D eigenvalue weighted by molar-refractivity contribution is 4.76. The molecule has 0 bridgehead atoms. The first-order chi connectivity index (χ1) is 8.78. The molecule has 0 saturated carbocycles. The van der Waals surface area contributed by atoms with Gasteiger partial charge in [0.15, 0.2) is 0 Å². The maximum absolute atomic E-state index is 9.67. The average molecular weight is 256 g/mol. The van der Waals surface area contributed by atoms with E-state index in [0.717, 1.165) is 58.3 Å². The summed E-state index contributed by atoms with van der Waals surface area (Å²) in [4.78, 5) is 4.99. The van der Waals surface area contributed by atoms with E-state index < -0.39 is 0 Å². The fourth-order valence-corrected chi connectivity index (χ4v) is 2.88. The van der Waals surface area contributed by atoms with Crippen molar-refractivity contribution < 1.29 is 9.84 Å². The third kappa shape index (κ3) is 4.50. The molecule has 1 atom stereocenters. The van der Waals surface area contributed by atoms with E-state index in [1.165, 1.54) is 19.4 Å². The van der Waals surface area contributed by atoms with Crippen molar-refractivity contribution in [3.63, 3.8) is 0 Å². The van der Waals surface area contributed by atoms with Crippen molar-refractivity contribution in [3.8, 4) is 0 Å². The second-order valence-corrected chi connectivity index (χ2v) is 5.72. The highest BCUT2D eigenvalue weighted by atomic mass is 16.5. The summed E-state index contributed by atoms with van der Waals surface area (Å²) in [6.07, 6.45) is 3.18. The van der Waals surface area contributed by atoms with Crippen LogP contribution in [0.4, 0.5) is 0 Å². The molecule has 1 N–H and O–H groups in total.